The molecule has 78 valence electrons. The lowest BCUT2D eigenvalue weighted by Gasteiger charge is -2.13. The molecule has 1 aromatic heterocycles. The van der Waals surface area contributed by atoms with Crippen LogP contribution in [0.4, 0.5) is 0 Å². The van der Waals surface area contributed by atoms with E-state index >= 15 is 0 Å². The van der Waals surface area contributed by atoms with E-state index in [9.17, 15) is 0 Å². The van der Waals surface area contributed by atoms with E-state index in [-0.39, 0.29) is 5.41 Å². The first-order valence-corrected chi connectivity index (χ1v) is 5.24. The average Bonchev–Trinajstić information content (AvgIpc) is 2.73. The third kappa shape index (κ3) is 1.82. The molecule has 1 aliphatic heterocycles. The maximum absolute atomic E-state index is 5.52. The predicted molar refractivity (Wildman–Crippen MR) is 55.4 cm³/mol. The summed E-state index contributed by atoms with van der Waals surface area (Å²) >= 11 is 0. The van der Waals surface area contributed by atoms with Gasteiger partial charge in [-0.05, 0) is 13.0 Å². The van der Waals surface area contributed by atoms with E-state index < -0.39 is 0 Å². The van der Waals surface area contributed by atoms with Crippen LogP contribution in [0.5, 0.6) is 0 Å². The third-order valence-electron chi connectivity index (χ3n) is 2.70. The highest BCUT2D eigenvalue weighted by Crippen LogP contribution is 2.26. The van der Waals surface area contributed by atoms with Crippen molar-refractivity contribution in [1.82, 2.24) is 10.3 Å². The molecule has 0 radical (unpaired) electrons. The summed E-state index contributed by atoms with van der Waals surface area (Å²) in [7, 11) is 0. The zero-order valence-electron chi connectivity index (χ0n) is 9.13. The first kappa shape index (κ1) is 9.71. The Morgan fingerprint density at radius 1 is 1.50 bits per heavy atom. The van der Waals surface area contributed by atoms with Gasteiger partial charge in [0.1, 0.15) is 6.26 Å². The van der Waals surface area contributed by atoms with Crippen LogP contribution in [0.1, 0.15) is 44.7 Å². The fourth-order valence-electron chi connectivity index (χ4n) is 1.69. The van der Waals surface area contributed by atoms with Crippen molar-refractivity contribution in [3.8, 4) is 0 Å². The Morgan fingerprint density at radius 3 is 2.79 bits per heavy atom. The first-order chi connectivity index (χ1) is 6.57. The standard InChI is InChI=1S/C11H18N2O/c1-11(2,3)9-7-14-10(13-9)8-4-5-12-6-8/h7-8,12H,4-6H2,1-3H3. The summed E-state index contributed by atoms with van der Waals surface area (Å²) in [6, 6.07) is 0. The lowest BCUT2D eigenvalue weighted by molar-refractivity contribution is 0.456. The summed E-state index contributed by atoms with van der Waals surface area (Å²) in [5.74, 6) is 1.38. The molecule has 1 saturated heterocycles. The maximum atomic E-state index is 5.52. The molecular weight excluding hydrogens is 176 g/mol. The molecule has 0 bridgehead atoms. The lowest BCUT2D eigenvalue weighted by atomic mass is 9.93. The molecule has 3 nitrogen and oxygen atoms in total. The second-order valence-electron chi connectivity index (χ2n) is 5.01. The maximum Gasteiger partial charge on any atom is 0.198 e. The number of oxazole rings is 1. The SMILES string of the molecule is CC(C)(C)c1coc(C2CCNC2)n1. The number of hydrogen-bond donors (Lipinski definition) is 1. The van der Waals surface area contributed by atoms with Gasteiger partial charge in [-0.25, -0.2) is 4.98 Å². The summed E-state index contributed by atoms with van der Waals surface area (Å²) in [6.45, 7) is 8.55. The Kier molecular flexibility index (Phi) is 2.35. The third-order valence-corrected chi connectivity index (χ3v) is 2.70. The van der Waals surface area contributed by atoms with E-state index in [2.05, 4.69) is 31.1 Å². The topological polar surface area (TPSA) is 38.1 Å². The molecule has 1 fully saturated rings. The average molecular weight is 194 g/mol. The van der Waals surface area contributed by atoms with Crippen LogP contribution in [-0.4, -0.2) is 18.1 Å². The zero-order valence-corrected chi connectivity index (χ0v) is 9.13. The Morgan fingerprint density at radius 2 is 2.29 bits per heavy atom. The van der Waals surface area contributed by atoms with E-state index in [0.717, 1.165) is 31.1 Å². The van der Waals surface area contributed by atoms with Crippen LogP contribution in [0, 0.1) is 0 Å². The van der Waals surface area contributed by atoms with E-state index in [1.165, 1.54) is 0 Å². The molecule has 14 heavy (non-hydrogen) atoms. The molecular formula is C11H18N2O. The minimum absolute atomic E-state index is 0.0911. The molecule has 2 heterocycles. The monoisotopic (exact) mass is 194 g/mol. The van der Waals surface area contributed by atoms with E-state index in [1.54, 1.807) is 6.26 Å². The summed E-state index contributed by atoms with van der Waals surface area (Å²) in [6.07, 6.45) is 2.94. The second kappa shape index (κ2) is 3.39. The van der Waals surface area contributed by atoms with Crippen molar-refractivity contribution in [1.29, 1.82) is 0 Å². The van der Waals surface area contributed by atoms with E-state index in [1.807, 2.05) is 0 Å². The van der Waals surface area contributed by atoms with Crippen LogP contribution in [0.25, 0.3) is 0 Å². The van der Waals surface area contributed by atoms with Crippen LogP contribution in [0.15, 0.2) is 10.7 Å². The van der Waals surface area contributed by atoms with Crippen molar-refractivity contribution in [3.63, 3.8) is 0 Å². The van der Waals surface area contributed by atoms with Crippen molar-refractivity contribution < 1.29 is 4.42 Å². The molecule has 0 spiro atoms. The molecule has 1 aliphatic rings. The van der Waals surface area contributed by atoms with Crippen LogP contribution >= 0.6 is 0 Å². The predicted octanol–water partition coefficient (Wildman–Crippen LogP) is 2.05. The van der Waals surface area contributed by atoms with Crippen LogP contribution in [0.2, 0.25) is 0 Å². The van der Waals surface area contributed by atoms with Gasteiger partial charge >= 0.3 is 0 Å². The van der Waals surface area contributed by atoms with Gasteiger partial charge in [0, 0.05) is 17.9 Å². The highest BCUT2D eigenvalue weighted by molar-refractivity contribution is 5.11. The van der Waals surface area contributed by atoms with Crippen LogP contribution < -0.4 is 5.32 Å². The fourth-order valence-corrected chi connectivity index (χ4v) is 1.69. The van der Waals surface area contributed by atoms with E-state index in [0.29, 0.717) is 5.92 Å². The van der Waals surface area contributed by atoms with Gasteiger partial charge < -0.3 is 9.73 Å². The highest BCUT2D eigenvalue weighted by atomic mass is 16.3. The molecule has 3 heteroatoms. The smallest absolute Gasteiger partial charge is 0.198 e. The molecule has 1 unspecified atom stereocenters. The molecule has 2 rings (SSSR count). The Bertz CT molecular complexity index is 305. The largest absolute Gasteiger partial charge is 0.448 e. The summed E-state index contributed by atoms with van der Waals surface area (Å²) in [5.41, 5.74) is 1.15. The lowest BCUT2D eigenvalue weighted by Crippen LogP contribution is -2.12. The van der Waals surface area contributed by atoms with Gasteiger partial charge in [-0.1, -0.05) is 20.8 Å². The van der Waals surface area contributed by atoms with Gasteiger partial charge in [0.25, 0.3) is 0 Å². The first-order valence-electron chi connectivity index (χ1n) is 5.24. The van der Waals surface area contributed by atoms with Crippen molar-refractivity contribution in [2.24, 2.45) is 0 Å². The molecule has 0 aliphatic carbocycles. The summed E-state index contributed by atoms with van der Waals surface area (Å²) < 4.78 is 5.52. The van der Waals surface area contributed by atoms with Gasteiger partial charge in [-0.15, -0.1) is 0 Å². The number of nitrogens with one attached hydrogen (secondary N) is 1. The Balaban J connectivity index is 2.17. The Hall–Kier alpha value is -0.830. The number of aromatic nitrogens is 1. The van der Waals surface area contributed by atoms with Gasteiger partial charge in [0.2, 0.25) is 0 Å². The minimum atomic E-state index is 0.0911. The number of nitrogens with zero attached hydrogens (tertiary/aromatic N) is 1. The minimum Gasteiger partial charge on any atom is -0.448 e. The molecule has 0 aromatic carbocycles. The van der Waals surface area contributed by atoms with Crippen molar-refractivity contribution in [2.75, 3.05) is 13.1 Å². The molecule has 0 saturated carbocycles. The highest BCUT2D eigenvalue weighted by Gasteiger charge is 2.24. The normalized spacial score (nSPS) is 22.9. The Labute approximate surface area is 84.9 Å². The van der Waals surface area contributed by atoms with Crippen molar-refractivity contribution in [3.05, 3.63) is 17.8 Å². The molecule has 1 atom stereocenters. The molecule has 1 aromatic rings. The van der Waals surface area contributed by atoms with Crippen LogP contribution in [-0.2, 0) is 5.41 Å². The van der Waals surface area contributed by atoms with Gasteiger partial charge in [-0.2, -0.15) is 0 Å². The fraction of sp³-hybridized carbons (Fsp3) is 0.727. The van der Waals surface area contributed by atoms with Crippen LogP contribution in [0.3, 0.4) is 0 Å². The van der Waals surface area contributed by atoms with Gasteiger partial charge in [-0.3, -0.25) is 0 Å². The van der Waals surface area contributed by atoms with Crippen molar-refractivity contribution in [2.45, 2.75) is 38.5 Å². The zero-order chi connectivity index (χ0) is 10.2. The van der Waals surface area contributed by atoms with Gasteiger partial charge in [0.15, 0.2) is 5.89 Å². The molecule has 1 N–H and O–H groups in total. The summed E-state index contributed by atoms with van der Waals surface area (Å²) in [5, 5.41) is 3.32. The number of hydrogen-bond acceptors (Lipinski definition) is 3. The molecule has 0 amide bonds. The number of rotatable bonds is 1. The van der Waals surface area contributed by atoms with Crippen molar-refractivity contribution >= 4 is 0 Å². The second-order valence-corrected chi connectivity index (χ2v) is 5.01. The summed E-state index contributed by atoms with van der Waals surface area (Å²) in [4.78, 5) is 4.56. The van der Waals surface area contributed by atoms with Gasteiger partial charge in [0.05, 0.1) is 5.69 Å². The van der Waals surface area contributed by atoms with E-state index in [4.69, 9.17) is 4.42 Å². The quantitative estimate of drug-likeness (QED) is 0.743.